The molecule has 24 heavy (non-hydrogen) atoms. The molecule has 3 heterocycles. The maximum atomic E-state index is 11.2. The van der Waals surface area contributed by atoms with E-state index < -0.39 is 5.97 Å². The summed E-state index contributed by atoms with van der Waals surface area (Å²) in [6.07, 6.45) is 2.83. The zero-order chi connectivity index (χ0) is 16.5. The number of aromatic nitrogens is 3. The Bertz CT molecular complexity index is 731. The van der Waals surface area contributed by atoms with Crippen LogP contribution < -0.4 is 4.74 Å². The van der Waals surface area contributed by atoms with Gasteiger partial charge in [-0.1, -0.05) is 12.1 Å². The Balaban J connectivity index is 1.49. The molecule has 0 aliphatic carbocycles. The number of aromatic amines is 1. The first-order valence-corrected chi connectivity index (χ1v) is 8.23. The standard InChI is InChI=1S/C17H20N4O3/c22-17(23)6-13-9-21(10-14(13)15-7-18-20-19-15)8-11-1-2-16-12(5-11)3-4-24-16/h1-2,5,7,13-14H,3-4,6,8-10H2,(H,22,23)(H,18,19,20)/t13-,14+/m1/s1. The first-order chi connectivity index (χ1) is 11.7. The Morgan fingerprint density at radius 2 is 2.33 bits per heavy atom. The molecule has 126 valence electrons. The van der Waals surface area contributed by atoms with Crippen molar-refractivity contribution in [1.82, 2.24) is 20.3 Å². The van der Waals surface area contributed by atoms with Crippen molar-refractivity contribution in [3.63, 3.8) is 0 Å². The number of hydrogen-bond donors (Lipinski definition) is 2. The fourth-order valence-electron chi connectivity index (χ4n) is 3.84. The first kappa shape index (κ1) is 15.1. The fraction of sp³-hybridized carbons (Fsp3) is 0.471. The third-order valence-corrected chi connectivity index (χ3v) is 4.93. The van der Waals surface area contributed by atoms with E-state index in [0.29, 0.717) is 0 Å². The smallest absolute Gasteiger partial charge is 0.303 e. The van der Waals surface area contributed by atoms with Gasteiger partial charge in [-0.25, -0.2) is 0 Å². The molecule has 1 aromatic heterocycles. The maximum absolute atomic E-state index is 11.2. The van der Waals surface area contributed by atoms with Gasteiger partial charge >= 0.3 is 5.97 Å². The number of fused-ring (bicyclic) bond motifs is 1. The van der Waals surface area contributed by atoms with Gasteiger partial charge in [-0.3, -0.25) is 9.69 Å². The van der Waals surface area contributed by atoms with Crippen molar-refractivity contribution < 1.29 is 14.6 Å². The summed E-state index contributed by atoms with van der Waals surface area (Å²) < 4.78 is 5.55. The van der Waals surface area contributed by atoms with Gasteiger partial charge in [-0.2, -0.15) is 15.4 Å². The van der Waals surface area contributed by atoms with Gasteiger partial charge in [0.25, 0.3) is 0 Å². The van der Waals surface area contributed by atoms with Gasteiger partial charge in [-0.15, -0.1) is 0 Å². The number of likely N-dealkylation sites (tertiary alicyclic amines) is 1. The van der Waals surface area contributed by atoms with E-state index in [-0.39, 0.29) is 18.3 Å². The van der Waals surface area contributed by atoms with Crippen molar-refractivity contribution in [2.45, 2.75) is 25.3 Å². The molecule has 0 spiro atoms. The summed E-state index contributed by atoms with van der Waals surface area (Å²) >= 11 is 0. The fourth-order valence-corrected chi connectivity index (χ4v) is 3.84. The molecule has 0 unspecified atom stereocenters. The van der Waals surface area contributed by atoms with Crippen molar-refractivity contribution in [2.75, 3.05) is 19.7 Å². The minimum absolute atomic E-state index is 0.0605. The van der Waals surface area contributed by atoms with Crippen LogP contribution in [0.25, 0.3) is 0 Å². The molecule has 7 heteroatoms. The van der Waals surface area contributed by atoms with Crippen molar-refractivity contribution in [3.8, 4) is 5.75 Å². The van der Waals surface area contributed by atoms with Crippen molar-refractivity contribution in [1.29, 1.82) is 0 Å². The summed E-state index contributed by atoms with van der Waals surface area (Å²) in [6.45, 7) is 3.14. The van der Waals surface area contributed by atoms with Gasteiger partial charge in [-0.05, 0) is 23.1 Å². The lowest BCUT2D eigenvalue weighted by atomic mass is 9.91. The highest BCUT2D eigenvalue weighted by Crippen LogP contribution is 2.35. The van der Waals surface area contributed by atoms with Crippen molar-refractivity contribution >= 4 is 5.97 Å². The Kier molecular flexibility index (Phi) is 3.93. The Hall–Kier alpha value is -2.41. The van der Waals surface area contributed by atoms with Crippen LogP contribution in [0.4, 0.5) is 0 Å². The number of hydrogen-bond acceptors (Lipinski definition) is 5. The molecule has 1 saturated heterocycles. The molecule has 2 atom stereocenters. The maximum Gasteiger partial charge on any atom is 0.303 e. The lowest BCUT2D eigenvalue weighted by molar-refractivity contribution is -0.138. The van der Waals surface area contributed by atoms with Crippen LogP contribution in [0.3, 0.4) is 0 Å². The highest BCUT2D eigenvalue weighted by Gasteiger charge is 2.36. The molecule has 0 radical (unpaired) electrons. The number of nitrogens with one attached hydrogen (secondary N) is 1. The van der Waals surface area contributed by atoms with Gasteiger partial charge in [0.05, 0.1) is 24.9 Å². The van der Waals surface area contributed by atoms with E-state index >= 15 is 0 Å². The van der Waals surface area contributed by atoms with Crippen LogP contribution in [-0.2, 0) is 17.8 Å². The number of benzene rings is 1. The van der Waals surface area contributed by atoms with E-state index in [2.05, 4.69) is 32.4 Å². The first-order valence-electron chi connectivity index (χ1n) is 8.23. The molecule has 2 aromatic rings. The van der Waals surface area contributed by atoms with E-state index in [1.54, 1.807) is 6.20 Å². The molecule has 7 nitrogen and oxygen atoms in total. The van der Waals surface area contributed by atoms with Gasteiger partial charge in [0.1, 0.15) is 5.75 Å². The number of carboxylic acids is 1. The van der Waals surface area contributed by atoms with Crippen LogP contribution in [0.1, 0.15) is 29.2 Å². The van der Waals surface area contributed by atoms with Crippen LogP contribution in [0, 0.1) is 5.92 Å². The summed E-state index contributed by atoms with van der Waals surface area (Å²) in [4.78, 5) is 13.5. The van der Waals surface area contributed by atoms with Crippen molar-refractivity contribution in [2.24, 2.45) is 5.92 Å². The summed E-state index contributed by atoms with van der Waals surface area (Å²) in [7, 11) is 0. The van der Waals surface area contributed by atoms with Crippen LogP contribution in [0.5, 0.6) is 5.75 Å². The predicted molar refractivity (Wildman–Crippen MR) is 85.8 cm³/mol. The van der Waals surface area contributed by atoms with Crippen LogP contribution in [0.2, 0.25) is 0 Å². The molecule has 0 amide bonds. The molecule has 1 fully saturated rings. The van der Waals surface area contributed by atoms with Crippen LogP contribution in [-0.4, -0.2) is 51.1 Å². The molecular formula is C17H20N4O3. The van der Waals surface area contributed by atoms with Crippen LogP contribution in [0.15, 0.2) is 24.4 Å². The highest BCUT2D eigenvalue weighted by molar-refractivity contribution is 5.67. The summed E-state index contributed by atoms with van der Waals surface area (Å²) in [5.74, 6) is 0.400. The van der Waals surface area contributed by atoms with E-state index in [1.807, 2.05) is 6.07 Å². The third-order valence-electron chi connectivity index (χ3n) is 4.93. The molecule has 2 aliphatic heterocycles. The molecule has 0 bridgehead atoms. The summed E-state index contributed by atoms with van der Waals surface area (Å²) in [5.41, 5.74) is 3.36. The average Bonchev–Trinajstić information content (AvgIpc) is 3.26. The topological polar surface area (TPSA) is 91.3 Å². The number of carbonyl (C=O) groups is 1. The van der Waals surface area contributed by atoms with E-state index in [1.165, 1.54) is 11.1 Å². The third kappa shape index (κ3) is 2.99. The zero-order valence-electron chi connectivity index (χ0n) is 13.3. The molecule has 2 aliphatic rings. The Morgan fingerprint density at radius 1 is 1.42 bits per heavy atom. The normalized spacial score (nSPS) is 23.2. The summed E-state index contributed by atoms with van der Waals surface area (Å²) in [5, 5.41) is 19.9. The van der Waals surface area contributed by atoms with Crippen LogP contribution >= 0.6 is 0 Å². The number of ether oxygens (including phenoxy) is 1. The van der Waals surface area contributed by atoms with E-state index in [0.717, 1.165) is 44.1 Å². The highest BCUT2D eigenvalue weighted by atomic mass is 16.5. The molecular weight excluding hydrogens is 308 g/mol. The van der Waals surface area contributed by atoms with E-state index in [4.69, 9.17) is 4.74 Å². The van der Waals surface area contributed by atoms with Crippen molar-refractivity contribution in [3.05, 3.63) is 41.2 Å². The number of nitrogens with zero attached hydrogens (tertiary/aromatic N) is 3. The molecule has 0 saturated carbocycles. The average molecular weight is 328 g/mol. The second kappa shape index (κ2) is 6.24. The molecule has 2 N–H and O–H groups in total. The Morgan fingerprint density at radius 3 is 3.12 bits per heavy atom. The SMILES string of the molecule is O=C(O)C[C@@H]1CN(Cc2ccc3c(c2)CCO3)C[C@@H]1c1cn[nH]n1. The molecule has 4 rings (SSSR count). The second-order valence-electron chi connectivity index (χ2n) is 6.59. The monoisotopic (exact) mass is 328 g/mol. The lowest BCUT2D eigenvalue weighted by Crippen LogP contribution is -2.20. The Labute approximate surface area is 139 Å². The largest absolute Gasteiger partial charge is 0.493 e. The van der Waals surface area contributed by atoms with Gasteiger partial charge in [0, 0.05) is 32.0 Å². The second-order valence-corrected chi connectivity index (χ2v) is 6.59. The van der Waals surface area contributed by atoms with E-state index in [9.17, 15) is 9.90 Å². The zero-order valence-corrected chi connectivity index (χ0v) is 13.3. The lowest BCUT2D eigenvalue weighted by Gasteiger charge is -2.16. The van der Waals surface area contributed by atoms with Gasteiger partial charge < -0.3 is 9.84 Å². The minimum Gasteiger partial charge on any atom is -0.493 e. The number of aliphatic carboxylic acids is 1. The quantitative estimate of drug-likeness (QED) is 0.863. The summed E-state index contributed by atoms with van der Waals surface area (Å²) in [6, 6.07) is 6.34. The molecule has 1 aromatic carbocycles. The van der Waals surface area contributed by atoms with Gasteiger partial charge in [0.2, 0.25) is 0 Å². The number of H-pyrrole nitrogens is 1. The van der Waals surface area contributed by atoms with Gasteiger partial charge in [0.15, 0.2) is 0 Å². The number of carboxylic acid groups (broad SMARTS) is 1. The number of rotatable bonds is 5. The minimum atomic E-state index is -0.759. The predicted octanol–water partition coefficient (Wildman–Crippen LogP) is 1.43.